The van der Waals surface area contributed by atoms with Gasteiger partial charge in [-0.05, 0) is 49.9 Å². The zero-order valence-corrected chi connectivity index (χ0v) is 12.9. The van der Waals surface area contributed by atoms with Crippen molar-refractivity contribution < 1.29 is 0 Å². The third kappa shape index (κ3) is 3.30. The highest BCUT2D eigenvalue weighted by atomic mass is 15.1. The van der Waals surface area contributed by atoms with E-state index >= 15 is 0 Å². The number of nitrogens with one attached hydrogen (secondary N) is 1. The third-order valence-electron chi connectivity index (χ3n) is 4.59. The van der Waals surface area contributed by atoms with Crippen LogP contribution in [0.1, 0.15) is 43.7 Å². The maximum absolute atomic E-state index is 3.22. The van der Waals surface area contributed by atoms with Crippen molar-refractivity contribution in [2.45, 2.75) is 52.1 Å². The third-order valence-corrected chi connectivity index (χ3v) is 4.59. The Labute approximate surface area is 118 Å². The molecule has 2 atom stereocenters. The lowest BCUT2D eigenvalue weighted by molar-refractivity contribution is 0.321. The molecule has 0 saturated heterocycles. The molecule has 0 bridgehead atoms. The number of hydrogen-bond acceptors (Lipinski definition) is 2. The first-order chi connectivity index (χ1) is 9.13. The lowest BCUT2D eigenvalue weighted by atomic mass is 9.84. The van der Waals surface area contributed by atoms with Crippen LogP contribution in [0.3, 0.4) is 0 Å². The highest BCUT2D eigenvalue weighted by Crippen LogP contribution is 2.32. The van der Waals surface area contributed by atoms with Gasteiger partial charge in [0.15, 0.2) is 0 Å². The average molecular weight is 260 g/mol. The fourth-order valence-corrected chi connectivity index (χ4v) is 3.48. The van der Waals surface area contributed by atoms with Crippen LogP contribution in [0.4, 0.5) is 5.69 Å². The number of aryl methyl sites for hydroxylation is 1. The second kappa shape index (κ2) is 6.42. The van der Waals surface area contributed by atoms with E-state index in [4.69, 9.17) is 0 Å². The van der Waals surface area contributed by atoms with Gasteiger partial charge in [-0.2, -0.15) is 0 Å². The molecule has 1 aliphatic carbocycles. The minimum absolute atomic E-state index is 0.711. The Balaban J connectivity index is 2.16. The maximum Gasteiger partial charge on any atom is 0.0396 e. The van der Waals surface area contributed by atoms with Gasteiger partial charge in [-0.25, -0.2) is 0 Å². The first-order valence-corrected chi connectivity index (χ1v) is 7.60. The molecule has 2 unspecified atom stereocenters. The summed E-state index contributed by atoms with van der Waals surface area (Å²) in [6.07, 6.45) is 5.52. The van der Waals surface area contributed by atoms with Crippen molar-refractivity contribution in [1.82, 2.24) is 5.32 Å². The summed E-state index contributed by atoms with van der Waals surface area (Å²) in [7, 11) is 4.27. The largest absolute Gasteiger partial charge is 0.371 e. The molecular weight excluding hydrogens is 232 g/mol. The van der Waals surface area contributed by atoms with E-state index in [0.29, 0.717) is 6.04 Å². The Morgan fingerprint density at radius 3 is 2.63 bits per heavy atom. The van der Waals surface area contributed by atoms with Gasteiger partial charge in [0.2, 0.25) is 0 Å². The van der Waals surface area contributed by atoms with Gasteiger partial charge in [0, 0.05) is 25.3 Å². The van der Waals surface area contributed by atoms with E-state index in [1.807, 2.05) is 7.05 Å². The Hall–Kier alpha value is -1.02. The minimum Gasteiger partial charge on any atom is -0.371 e. The first-order valence-electron chi connectivity index (χ1n) is 7.60. The van der Waals surface area contributed by atoms with Gasteiger partial charge in [-0.1, -0.05) is 31.9 Å². The molecule has 0 aliphatic heterocycles. The van der Waals surface area contributed by atoms with Crippen LogP contribution >= 0.6 is 0 Å². The van der Waals surface area contributed by atoms with E-state index in [1.54, 1.807) is 0 Å². The van der Waals surface area contributed by atoms with E-state index in [0.717, 1.165) is 12.5 Å². The SMILES string of the molecule is CNCc1ccc(N(C)C2CCCCC2C)c(C)c1. The molecule has 106 valence electrons. The number of nitrogens with zero attached hydrogens (tertiary/aromatic N) is 1. The predicted octanol–water partition coefficient (Wildman–Crippen LogP) is 3.73. The van der Waals surface area contributed by atoms with Crippen LogP contribution < -0.4 is 10.2 Å². The maximum atomic E-state index is 3.22. The normalized spacial score (nSPS) is 23.4. The summed E-state index contributed by atoms with van der Waals surface area (Å²) in [6, 6.07) is 7.57. The summed E-state index contributed by atoms with van der Waals surface area (Å²) in [5, 5.41) is 3.22. The van der Waals surface area contributed by atoms with Crippen molar-refractivity contribution in [3.8, 4) is 0 Å². The minimum atomic E-state index is 0.711. The average Bonchev–Trinajstić information content (AvgIpc) is 2.39. The Kier molecular flexibility index (Phi) is 4.87. The highest BCUT2D eigenvalue weighted by Gasteiger charge is 2.25. The molecule has 2 nitrogen and oxygen atoms in total. The van der Waals surface area contributed by atoms with Gasteiger partial charge < -0.3 is 10.2 Å². The van der Waals surface area contributed by atoms with Gasteiger partial charge in [0.05, 0.1) is 0 Å². The van der Waals surface area contributed by atoms with E-state index in [2.05, 4.69) is 49.3 Å². The molecular formula is C17H28N2. The number of hydrogen-bond donors (Lipinski definition) is 1. The standard InChI is InChI=1S/C17H28N2/c1-13-7-5-6-8-16(13)19(4)17-10-9-15(12-18-3)11-14(17)2/h9-11,13,16,18H,5-8,12H2,1-4H3. The molecule has 1 fully saturated rings. The van der Waals surface area contributed by atoms with Gasteiger partial charge in [0.1, 0.15) is 0 Å². The molecule has 0 radical (unpaired) electrons. The first kappa shape index (κ1) is 14.4. The van der Waals surface area contributed by atoms with E-state index < -0.39 is 0 Å². The topological polar surface area (TPSA) is 15.3 Å². The summed E-state index contributed by atoms with van der Waals surface area (Å²) in [4.78, 5) is 2.52. The molecule has 0 heterocycles. The molecule has 0 spiro atoms. The van der Waals surface area contributed by atoms with Crippen molar-refractivity contribution in [3.63, 3.8) is 0 Å². The van der Waals surface area contributed by atoms with Crippen LogP contribution in [0.25, 0.3) is 0 Å². The second-order valence-corrected chi connectivity index (χ2v) is 6.09. The number of anilines is 1. The van der Waals surface area contributed by atoms with E-state index in [1.165, 1.54) is 42.5 Å². The fraction of sp³-hybridized carbons (Fsp3) is 0.647. The van der Waals surface area contributed by atoms with Gasteiger partial charge >= 0.3 is 0 Å². The molecule has 0 aromatic heterocycles. The number of rotatable bonds is 4. The lowest BCUT2D eigenvalue weighted by Crippen LogP contribution is -2.39. The summed E-state index contributed by atoms with van der Waals surface area (Å²) in [6.45, 7) is 5.59. The zero-order chi connectivity index (χ0) is 13.8. The van der Waals surface area contributed by atoms with Crippen molar-refractivity contribution >= 4 is 5.69 Å². The van der Waals surface area contributed by atoms with E-state index in [-0.39, 0.29) is 0 Å². The molecule has 1 N–H and O–H groups in total. The molecule has 2 heteroatoms. The lowest BCUT2D eigenvalue weighted by Gasteiger charge is -2.38. The van der Waals surface area contributed by atoms with Crippen molar-refractivity contribution in [1.29, 1.82) is 0 Å². The zero-order valence-electron chi connectivity index (χ0n) is 12.9. The van der Waals surface area contributed by atoms with Crippen LogP contribution in [0.2, 0.25) is 0 Å². The fourth-order valence-electron chi connectivity index (χ4n) is 3.48. The Morgan fingerprint density at radius 2 is 2.00 bits per heavy atom. The number of benzene rings is 1. The quantitative estimate of drug-likeness (QED) is 0.887. The Morgan fingerprint density at radius 1 is 1.26 bits per heavy atom. The Bertz CT molecular complexity index is 414. The van der Waals surface area contributed by atoms with Gasteiger partial charge in [0.25, 0.3) is 0 Å². The molecule has 19 heavy (non-hydrogen) atoms. The van der Waals surface area contributed by atoms with Crippen molar-refractivity contribution in [3.05, 3.63) is 29.3 Å². The predicted molar refractivity (Wildman–Crippen MR) is 83.8 cm³/mol. The smallest absolute Gasteiger partial charge is 0.0396 e. The second-order valence-electron chi connectivity index (χ2n) is 6.09. The van der Waals surface area contributed by atoms with Crippen LogP contribution in [0, 0.1) is 12.8 Å². The monoisotopic (exact) mass is 260 g/mol. The highest BCUT2D eigenvalue weighted by molar-refractivity contribution is 5.54. The molecule has 2 rings (SSSR count). The molecule has 1 saturated carbocycles. The van der Waals surface area contributed by atoms with Crippen LogP contribution in [0.5, 0.6) is 0 Å². The van der Waals surface area contributed by atoms with E-state index in [9.17, 15) is 0 Å². The summed E-state index contributed by atoms with van der Waals surface area (Å²) >= 11 is 0. The van der Waals surface area contributed by atoms with Crippen molar-refractivity contribution in [2.24, 2.45) is 5.92 Å². The van der Waals surface area contributed by atoms with Crippen LogP contribution in [-0.2, 0) is 6.54 Å². The summed E-state index contributed by atoms with van der Waals surface area (Å²) < 4.78 is 0. The van der Waals surface area contributed by atoms with Crippen molar-refractivity contribution in [2.75, 3.05) is 19.0 Å². The van der Waals surface area contributed by atoms with Gasteiger partial charge in [-0.3, -0.25) is 0 Å². The molecule has 1 aliphatic rings. The molecule has 0 amide bonds. The van der Waals surface area contributed by atoms with Crippen LogP contribution in [-0.4, -0.2) is 20.1 Å². The van der Waals surface area contributed by atoms with Gasteiger partial charge in [-0.15, -0.1) is 0 Å². The molecule has 1 aromatic carbocycles. The summed E-state index contributed by atoms with van der Waals surface area (Å²) in [5.41, 5.74) is 4.17. The molecule has 1 aromatic rings. The van der Waals surface area contributed by atoms with Crippen LogP contribution in [0.15, 0.2) is 18.2 Å². The summed E-state index contributed by atoms with van der Waals surface area (Å²) in [5.74, 6) is 0.815.